The summed E-state index contributed by atoms with van der Waals surface area (Å²) < 4.78 is 1.95. The van der Waals surface area contributed by atoms with Crippen LogP contribution in [-0.4, -0.2) is 63.2 Å². The molecule has 1 saturated heterocycles. The summed E-state index contributed by atoms with van der Waals surface area (Å²) in [6.07, 6.45) is 3.44. The van der Waals surface area contributed by atoms with Crippen molar-refractivity contribution in [3.63, 3.8) is 0 Å². The highest BCUT2D eigenvalue weighted by atomic mass is 35.5. The fraction of sp³-hybridized carbons (Fsp3) is 0.450. The van der Waals surface area contributed by atoms with Gasteiger partial charge in [-0.2, -0.15) is 5.10 Å². The second-order valence-corrected chi connectivity index (χ2v) is 7.02. The van der Waals surface area contributed by atoms with E-state index in [1.54, 1.807) is 0 Å². The van der Waals surface area contributed by atoms with Gasteiger partial charge in [0, 0.05) is 50.5 Å². The van der Waals surface area contributed by atoms with Crippen molar-refractivity contribution in [1.29, 1.82) is 0 Å². The lowest BCUT2D eigenvalue weighted by Gasteiger charge is -2.21. The molecular weight excluding hydrogens is 380 g/mol. The molecule has 1 fully saturated rings. The Morgan fingerprint density at radius 2 is 2.04 bits per heavy atom. The van der Waals surface area contributed by atoms with Crippen LogP contribution in [0.1, 0.15) is 24.6 Å². The number of aromatic nitrogens is 2. The van der Waals surface area contributed by atoms with Crippen LogP contribution in [0.2, 0.25) is 5.02 Å². The summed E-state index contributed by atoms with van der Waals surface area (Å²) in [6, 6.07) is 9.63. The highest BCUT2D eigenvalue weighted by molar-refractivity contribution is 6.30. The molecule has 0 unspecified atom stereocenters. The van der Waals surface area contributed by atoms with Crippen molar-refractivity contribution in [3.05, 3.63) is 52.8 Å². The minimum Gasteiger partial charge on any atom is -0.483 e. The predicted molar refractivity (Wildman–Crippen MR) is 108 cm³/mol. The van der Waals surface area contributed by atoms with Crippen molar-refractivity contribution in [2.24, 2.45) is 0 Å². The number of carbonyl (C=O) groups excluding carboxylic acids is 1. The van der Waals surface area contributed by atoms with Gasteiger partial charge in [0.15, 0.2) is 0 Å². The van der Waals surface area contributed by atoms with Gasteiger partial charge in [-0.25, -0.2) is 0 Å². The van der Waals surface area contributed by atoms with Gasteiger partial charge in [-0.15, -0.1) is 0 Å². The topological polar surface area (TPSA) is 78.7 Å². The molecule has 1 aliphatic rings. The molecule has 0 spiro atoms. The minimum absolute atomic E-state index is 0.180. The normalized spacial score (nSPS) is 14.7. The monoisotopic (exact) mass is 406 g/mol. The Balaban J connectivity index is 0.000000878. The molecule has 2 aromatic rings. The average Bonchev–Trinajstić information content (AvgIpc) is 2.99. The van der Waals surface area contributed by atoms with Crippen LogP contribution in [-0.2, 0) is 29.1 Å². The van der Waals surface area contributed by atoms with Crippen LogP contribution in [0.15, 0.2) is 36.5 Å². The predicted octanol–water partition coefficient (Wildman–Crippen LogP) is 2.53. The Kier molecular flexibility index (Phi) is 8.97. The van der Waals surface area contributed by atoms with Gasteiger partial charge in [-0.3, -0.25) is 19.2 Å². The third kappa shape index (κ3) is 6.98. The molecule has 8 heteroatoms. The molecule has 7 nitrogen and oxygen atoms in total. The van der Waals surface area contributed by atoms with Crippen molar-refractivity contribution in [2.45, 2.75) is 32.9 Å². The number of rotatable bonds is 5. The fourth-order valence-electron chi connectivity index (χ4n) is 3.21. The van der Waals surface area contributed by atoms with Crippen LogP contribution >= 0.6 is 11.6 Å². The van der Waals surface area contributed by atoms with E-state index in [1.807, 2.05) is 40.0 Å². The Labute approximate surface area is 170 Å². The molecule has 1 amide bonds. The van der Waals surface area contributed by atoms with E-state index in [0.717, 1.165) is 56.9 Å². The van der Waals surface area contributed by atoms with Gasteiger partial charge in [-0.05, 0) is 37.1 Å². The fourth-order valence-corrected chi connectivity index (χ4v) is 3.42. The standard InChI is InChI=1S/C19H25ClN4O.CH2O2/c1-2-24-10-7-18(21-24)15-22-8-4-9-23(12-11-22)19(25)14-16-5-3-6-17(20)13-16;2-1-3/h3,5-7,10,13H,2,4,8-9,11-12,14-15H2,1H3;1H,(H,2,3). The molecule has 0 saturated carbocycles. The third-order valence-electron chi connectivity index (χ3n) is 4.59. The van der Waals surface area contributed by atoms with Crippen LogP contribution in [0.4, 0.5) is 0 Å². The Morgan fingerprint density at radius 3 is 2.71 bits per heavy atom. The number of aryl methyl sites for hydroxylation is 1. The van der Waals surface area contributed by atoms with Gasteiger partial charge >= 0.3 is 0 Å². The maximum Gasteiger partial charge on any atom is 0.290 e. The first kappa shape index (κ1) is 21.9. The van der Waals surface area contributed by atoms with Gasteiger partial charge in [-0.1, -0.05) is 23.7 Å². The summed E-state index contributed by atoms with van der Waals surface area (Å²) in [6.45, 7) is 7.06. The Morgan fingerprint density at radius 1 is 1.25 bits per heavy atom. The Hall–Kier alpha value is -2.38. The first-order valence-corrected chi connectivity index (χ1v) is 9.78. The van der Waals surface area contributed by atoms with E-state index in [1.165, 1.54) is 0 Å². The SMILES string of the molecule is CCn1ccc(CN2CCCN(C(=O)Cc3cccc(Cl)c3)CC2)n1.O=CO. The number of benzene rings is 1. The van der Waals surface area contributed by atoms with Gasteiger partial charge in [0.1, 0.15) is 0 Å². The van der Waals surface area contributed by atoms with Crippen molar-refractivity contribution in [1.82, 2.24) is 19.6 Å². The molecule has 0 radical (unpaired) electrons. The van der Waals surface area contributed by atoms with Crippen molar-refractivity contribution >= 4 is 24.0 Å². The largest absolute Gasteiger partial charge is 0.483 e. The average molecular weight is 407 g/mol. The maximum absolute atomic E-state index is 12.6. The van der Waals surface area contributed by atoms with Crippen LogP contribution < -0.4 is 0 Å². The van der Waals surface area contributed by atoms with E-state index in [9.17, 15) is 4.79 Å². The quantitative estimate of drug-likeness (QED) is 0.772. The van der Waals surface area contributed by atoms with Crippen molar-refractivity contribution in [3.8, 4) is 0 Å². The molecule has 1 aromatic carbocycles. The minimum atomic E-state index is -0.250. The number of carboxylic acid groups (broad SMARTS) is 1. The van der Waals surface area contributed by atoms with Crippen LogP contribution in [0.5, 0.6) is 0 Å². The third-order valence-corrected chi connectivity index (χ3v) is 4.83. The molecule has 2 heterocycles. The lowest BCUT2D eigenvalue weighted by molar-refractivity contribution is -0.130. The molecule has 28 heavy (non-hydrogen) atoms. The molecule has 3 rings (SSSR count). The highest BCUT2D eigenvalue weighted by Crippen LogP contribution is 2.13. The first-order chi connectivity index (χ1) is 13.5. The van der Waals surface area contributed by atoms with E-state index in [-0.39, 0.29) is 12.4 Å². The lowest BCUT2D eigenvalue weighted by Crippen LogP contribution is -2.36. The zero-order valence-electron chi connectivity index (χ0n) is 16.1. The van der Waals surface area contributed by atoms with E-state index in [0.29, 0.717) is 11.4 Å². The van der Waals surface area contributed by atoms with Gasteiger partial charge in [0.25, 0.3) is 6.47 Å². The molecule has 0 bridgehead atoms. The number of nitrogens with zero attached hydrogens (tertiary/aromatic N) is 4. The number of amides is 1. The smallest absolute Gasteiger partial charge is 0.290 e. The number of carbonyl (C=O) groups is 2. The summed E-state index contributed by atoms with van der Waals surface area (Å²) in [7, 11) is 0. The van der Waals surface area contributed by atoms with Crippen molar-refractivity contribution < 1.29 is 14.7 Å². The number of halogens is 1. The van der Waals surface area contributed by atoms with E-state index >= 15 is 0 Å². The second-order valence-electron chi connectivity index (χ2n) is 6.59. The van der Waals surface area contributed by atoms with Gasteiger partial charge in [0.2, 0.25) is 5.91 Å². The van der Waals surface area contributed by atoms with Crippen LogP contribution in [0.25, 0.3) is 0 Å². The van der Waals surface area contributed by atoms with Crippen LogP contribution in [0.3, 0.4) is 0 Å². The Bertz CT molecular complexity index is 765. The summed E-state index contributed by atoms with van der Waals surface area (Å²) in [5, 5.41) is 12.1. The molecule has 1 aliphatic heterocycles. The summed E-state index contributed by atoms with van der Waals surface area (Å²) in [5.74, 6) is 0.180. The van der Waals surface area contributed by atoms with Gasteiger partial charge in [0.05, 0.1) is 12.1 Å². The lowest BCUT2D eigenvalue weighted by atomic mass is 10.1. The first-order valence-electron chi connectivity index (χ1n) is 9.40. The molecule has 1 N–H and O–H groups in total. The number of hydrogen-bond donors (Lipinski definition) is 1. The summed E-state index contributed by atoms with van der Waals surface area (Å²) in [5.41, 5.74) is 2.07. The zero-order chi connectivity index (χ0) is 20.4. The summed E-state index contributed by atoms with van der Waals surface area (Å²) in [4.78, 5) is 25.3. The van der Waals surface area contributed by atoms with Crippen molar-refractivity contribution in [2.75, 3.05) is 26.2 Å². The highest BCUT2D eigenvalue weighted by Gasteiger charge is 2.20. The van der Waals surface area contributed by atoms with Crippen LogP contribution in [0, 0.1) is 0 Å². The zero-order valence-corrected chi connectivity index (χ0v) is 16.9. The van der Waals surface area contributed by atoms with Gasteiger partial charge < -0.3 is 10.0 Å². The molecule has 152 valence electrons. The molecule has 0 aliphatic carbocycles. The summed E-state index contributed by atoms with van der Waals surface area (Å²) >= 11 is 6.01. The van der Waals surface area contributed by atoms with E-state index in [4.69, 9.17) is 21.5 Å². The van der Waals surface area contributed by atoms with E-state index < -0.39 is 0 Å². The van der Waals surface area contributed by atoms with E-state index in [2.05, 4.69) is 23.0 Å². The molecule has 0 atom stereocenters. The molecule has 1 aromatic heterocycles. The maximum atomic E-state index is 12.6. The number of hydrogen-bond acceptors (Lipinski definition) is 4. The molecular formula is C20H27ClN4O3. The second kappa shape index (κ2) is 11.5.